The number of amides is 2. The van der Waals surface area contributed by atoms with Gasteiger partial charge in [-0.1, -0.05) is 42.5 Å². The summed E-state index contributed by atoms with van der Waals surface area (Å²) in [7, 11) is 0. The predicted molar refractivity (Wildman–Crippen MR) is 131 cm³/mol. The molecule has 6 heteroatoms. The van der Waals surface area contributed by atoms with Crippen LogP contribution in [0.15, 0.2) is 54.6 Å². The number of nitrogens with one attached hydrogen (secondary N) is 1. The number of hydrogen-bond donors (Lipinski definition) is 1. The van der Waals surface area contributed by atoms with Crippen molar-refractivity contribution in [2.45, 2.75) is 45.1 Å². The molecule has 0 spiro atoms. The lowest BCUT2D eigenvalue weighted by Gasteiger charge is -2.36. The van der Waals surface area contributed by atoms with E-state index in [1.165, 1.54) is 33.7 Å². The molecule has 1 aliphatic carbocycles. The maximum absolute atomic E-state index is 13.6. The van der Waals surface area contributed by atoms with Gasteiger partial charge in [-0.3, -0.25) is 0 Å². The fraction of sp³-hybridized carbons (Fsp3) is 0.333. The number of para-hydroxylation sites is 1. The van der Waals surface area contributed by atoms with Crippen LogP contribution in [-0.4, -0.2) is 30.1 Å². The van der Waals surface area contributed by atoms with Gasteiger partial charge >= 0.3 is 12.0 Å². The van der Waals surface area contributed by atoms with Gasteiger partial charge < -0.3 is 15.0 Å². The van der Waals surface area contributed by atoms with Crippen LogP contribution in [-0.2, 0) is 24.0 Å². The van der Waals surface area contributed by atoms with E-state index in [1.54, 1.807) is 25.1 Å². The smallest absolute Gasteiger partial charge is 0.340 e. The fourth-order valence-electron chi connectivity index (χ4n) is 5.00. The molecule has 0 bridgehead atoms. The van der Waals surface area contributed by atoms with Gasteiger partial charge in [-0.05, 0) is 67.9 Å². The first-order valence-corrected chi connectivity index (χ1v) is 12.5. The molecule has 33 heavy (non-hydrogen) atoms. The number of ether oxygens (including phenoxy) is 1. The summed E-state index contributed by atoms with van der Waals surface area (Å²) in [5, 5.41) is 3.00. The monoisotopic (exact) mass is 460 g/mol. The minimum absolute atomic E-state index is 0.125. The van der Waals surface area contributed by atoms with E-state index < -0.39 is 5.97 Å². The van der Waals surface area contributed by atoms with Crippen molar-refractivity contribution in [3.05, 3.63) is 86.6 Å². The van der Waals surface area contributed by atoms with Crippen molar-refractivity contribution in [1.82, 2.24) is 4.90 Å². The first-order valence-electron chi connectivity index (χ1n) is 11.7. The first-order chi connectivity index (χ1) is 16.2. The average Bonchev–Trinajstić information content (AvgIpc) is 3.23. The topological polar surface area (TPSA) is 58.6 Å². The van der Waals surface area contributed by atoms with Gasteiger partial charge in [0.05, 0.1) is 23.9 Å². The van der Waals surface area contributed by atoms with Crippen LogP contribution in [0.4, 0.5) is 10.5 Å². The van der Waals surface area contributed by atoms with Gasteiger partial charge in [0.2, 0.25) is 0 Å². The van der Waals surface area contributed by atoms with Gasteiger partial charge in [-0.15, -0.1) is 11.3 Å². The molecule has 3 aromatic rings. The highest BCUT2D eigenvalue weighted by Gasteiger charge is 2.36. The Labute approximate surface area is 198 Å². The molecule has 5 rings (SSSR count). The molecule has 0 unspecified atom stereocenters. The van der Waals surface area contributed by atoms with Crippen molar-refractivity contribution in [2.24, 2.45) is 0 Å². The number of aryl methyl sites for hydroxylation is 1. The second kappa shape index (κ2) is 9.40. The zero-order valence-electron chi connectivity index (χ0n) is 18.8. The third-order valence-electron chi connectivity index (χ3n) is 6.51. The van der Waals surface area contributed by atoms with Crippen molar-refractivity contribution in [2.75, 3.05) is 18.5 Å². The largest absolute Gasteiger partial charge is 0.462 e. The van der Waals surface area contributed by atoms with E-state index in [2.05, 4.69) is 17.4 Å². The standard InChI is InChI=1S/C27H28N2O3S/c1-2-32-26(30)21-13-6-8-14-22(21)28-27(31)29-17-16-20-19-12-7-9-15-23(19)33-25(20)24(29)18-10-4-3-5-11-18/h3-6,8,10-11,13-14,24H,2,7,9,12,15-17H2,1H3,(H,28,31)/t24-/m0/s1. The van der Waals surface area contributed by atoms with E-state index in [0.29, 0.717) is 17.8 Å². The number of fused-ring (bicyclic) bond motifs is 3. The van der Waals surface area contributed by atoms with E-state index >= 15 is 0 Å². The first kappa shape index (κ1) is 21.7. The number of esters is 1. The summed E-state index contributed by atoms with van der Waals surface area (Å²) in [6.45, 7) is 2.70. The van der Waals surface area contributed by atoms with Gasteiger partial charge in [-0.2, -0.15) is 0 Å². The SMILES string of the molecule is CCOC(=O)c1ccccc1NC(=O)N1CCc2c(sc3c2CCCC3)[C@@H]1c1ccccc1. The van der Waals surface area contributed by atoms with Crippen LogP contribution in [0.2, 0.25) is 0 Å². The number of carbonyl (C=O) groups excluding carboxylic acids is 2. The highest BCUT2D eigenvalue weighted by molar-refractivity contribution is 7.12. The summed E-state index contributed by atoms with van der Waals surface area (Å²) in [5.74, 6) is -0.431. The summed E-state index contributed by atoms with van der Waals surface area (Å²) in [6, 6.07) is 17.0. The van der Waals surface area contributed by atoms with Crippen LogP contribution < -0.4 is 5.32 Å². The molecule has 1 aliphatic heterocycles. The number of thiophene rings is 1. The maximum atomic E-state index is 13.6. The van der Waals surface area contributed by atoms with E-state index in [4.69, 9.17) is 4.74 Å². The summed E-state index contributed by atoms with van der Waals surface area (Å²) >= 11 is 1.89. The molecule has 0 saturated heterocycles. The maximum Gasteiger partial charge on any atom is 0.340 e. The van der Waals surface area contributed by atoms with Crippen LogP contribution in [0.25, 0.3) is 0 Å². The van der Waals surface area contributed by atoms with E-state index in [9.17, 15) is 9.59 Å². The lowest BCUT2D eigenvalue weighted by Crippen LogP contribution is -2.42. The zero-order valence-corrected chi connectivity index (χ0v) is 19.6. The number of benzene rings is 2. The number of carbonyl (C=O) groups is 2. The molecule has 2 aromatic carbocycles. The minimum atomic E-state index is -0.431. The van der Waals surface area contributed by atoms with Crippen LogP contribution in [0.1, 0.15) is 62.6 Å². The number of urea groups is 1. The average molecular weight is 461 g/mol. The molecular formula is C27H28N2O3S. The molecule has 1 atom stereocenters. The Bertz CT molecular complexity index is 1170. The van der Waals surface area contributed by atoms with E-state index in [-0.39, 0.29) is 18.7 Å². The quantitative estimate of drug-likeness (QED) is 0.487. The zero-order chi connectivity index (χ0) is 22.8. The van der Waals surface area contributed by atoms with Gasteiger partial charge in [0.15, 0.2) is 0 Å². The van der Waals surface area contributed by atoms with Crippen LogP contribution >= 0.6 is 11.3 Å². The van der Waals surface area contributed by atoms with Crippen LogP contribution in [0.5, 0.6) is 0 Å². The summed E-state index contributed by atoms with van der Waals surface area (Å²) in [5.41, 5.74) is 4.96. The number of anilines is 1. The summed E-state index contributed by atoms with van der Waals surface area (Å²) in [4.78, 5) is 30.7. The molecular weight excluding hydrogens is 432 g/mol. The Hall–Kier alpha value is -3.12. The van der Waals surface area contributed by atoms with Gasteiger partial charge in [0.1, 0.15) is 0 Å². The lowest BCUT2D eigenvalue weighted by atomic mass is 9.88. The second-order valence-electron chi connectivity index (χ2n) is 8.51. The summed E-state index contributed by atoms with van der Waals surface area (Å²) < 4.78 is 5.18. The molecule has 5 nitrogen and oxygen atoms in total. The predicted octanol–water partition coefficient (Wildman–Crippen LogP) is 5.98. The van der Waals surface area contributed by atoms with Crippen molar-refractivity contribution in [1.29, 1.82) is 0 Å². The van der Waals surface area contributed by atoms with Gasteiger partial charge in [0.25, 0.3) is 0 Å². The lowest BCUT2D eigenvalue weighted by molar-refractivity contribution is 0.0527. The van der Waals surface area contributed by atoms with Gasteiger partial charge in [0, 0.05) is 16.3 Å². The van der Waals surface area contributed by atoms with E-state index in [0.717, 1.165) is 24.8 Å². The van der Waals surface area contributed by atoms with Crippen molar-refractivity contribution < 1.29 is 14.3 Å². The molecule has 1 N–H and O–H groups in total. The Morgan fingerprint density at radius 3 is 2.58 bits per heavy atom. The molecule has 1 aromatic heterocycles. The van der Waals surface area contributed by atoms with E-state index in [1.807, 2.05) is 40.5 Å². The Morgan fingerprint density at radius 1 is 1.00 bits per heavy atom. The van der Waals surface area contributed by atoms with Crippen molar-refractivity contribution >= 4 is 29.0 Å². The highest BCUT2D eigenvalue weighted by Crippen LogP contribution is 2.45. The third kappa shape index (κ3) is 4.15. The Kier molecular flexibility index (Phi) is 6.18. The summed E-state index contributed by atoms with van der Waals surface area (Å²) in [6.07, 6.45) is 5.67. The van der Waals surface area contributed by atoms with Crippen LogP contribution in [0, 0.1) is 0 Å². The molecule has 2 heterocycles. The molecule has 170 valence electrons. The number of nitrogens with zero attached hydrogens (tertiary/aromatic N) is 1. The highest BCUT2D eigenvalue weighted by atomic mass is 32.1. The van der Waals surface area contributed by atoms with Crippen LogP contribution in [0.3, 0.4) is 0 Å². The minimum Gasteiger partial charge on any atom is -0.462 e. The van der Waals surface area contributed by atoms with Crippen molar-refractivity contribution in [3.8, 4) is 0 Å². The van der Waals surface area contributed by atoms with Gasteiger partial charge in [-0.25, -0.2) is 9.59 Å². The Morgan fingerprint density at radius 2 is 1.76 bits per heavy atom. The molecule has 0 radical (unpaired) electrons. The number of hydrogen-bond acceptors (Lipinski definition) is 4. The fourth-order valence-corrected chi connectivity index (χ4v) is 6.59. The second-order valence-corrected chi connectivity index (χ2v) is 9.64. The van der Waals surface area contributed by atoms with Crippen molar-refractivity contribution in [3.63, 3.8) is 0 Å². The number of rotatable bonds is 4. The third-order valence-corrected chi connectivity index (χ3v) is 7.90. The Balaban J connectivity index is 1.50. The molecule has 0 saturated carbocycles. The normalized spacial score (nSPS) is 17.1. The molecule has 2 amide bonds. The molecule has 0 fully saturated rings. The molecule has 2 aliphatic rings.